The molecule has 1 atom stereocenters. The minimum atomic E-state index is -0.522. The minimum Gasteiger partial charge on any atom is -0.392 e. The molecule has 4 heteroatoms. The highest BCUT2D eigenvalue weighted by atomic mass is 32.1. The van der Waals surface area contributed by atoms with Crippen LogP contribution in [0.3, 0.4) is 0 Å². The fraction of sp³-hybridized carbons (Fsp3) is 0.529. The molecule has 1 aliphatic rings. The molecule has 1 unspecified atom stereocenters. The number of hydrogen-bond donors (Lipinski definition) is 2. The van der Waals surface area contributed by atoms with Gasteiger partial charge in [-0.1, -0.05) is 74.7 Å². The molecule has 0 bridgehead atoms. The minimum absolute atomic E-state index is 0.0562. The lowest BCUT2D eigenvalue weighted by Crippen LogP contribution is -2.42. The van der Waals surface area contributed by atoms with E-state index in [9.17, 15) is 4.79 Å². The quantitative estimate of drug-likeness (QED) is 0.839. The number of amides is 1. The lowest BCUT2D eigenvalue weighted by atomic mass is 9.94. The summed E-state index contributed by atoms with van der Waals surface area (Å²) in [6, 6.07) is 9.81. The van der Waals surface area contributed by atoms with Crippen molar-refractivity contribution in [2.45, 2.75) is 56.9 Å². The second kappa shape index (κ2) is 8.13. The van der Waals surface area contributed by atoms with Crippen LogP contribution in [0.2, 0.25) is 0 Å². The second-order valence-electron chi connectivity index (χ2n) is 5.80. The lowest BCUT2D eigenvalue weighted by molar-refractivity contribution is -0.121. The summed E-state index contributed by atoms with van der Waals surface area (Å²) in [4.78, 5) is 12.8. The van der Waals surface area contributed by atoms with Gasteiger partial charge in [0, 0.05) is 6.04 Å². The van der Waals surface area contributed by atoms with E-state index in [4.69, 9.17) is 18.0 Å². The van der Waals surface area contributed by atoms with Gasteiger partial charge in [0.15, 0.2) is 0 Å². The Hall–Kier alpha value is -1.42. The van der Waals surface area contributed by atoms with Crippen LogP contribution in [-0.4, -0.2) is 16.9 Å². The van der Waals surface area contributed by atoms with E-state index in [2.05, 4.69) is 5.32 Å². The molecule has 0 spiro atoms. The zero-order chi connectivity index (χ0) is 15.1. The fourth-order valence-corrected chi connectivity index (χ4v) is 3.22. The van der Waals surface area contributed by atoms with E-state index in [1.54, 1.807) is 0 Å². The van der Waals surface area contributed by atoms with Crippen LogP contribution in [0.15, 0.2) is 30.3 Å². The van der Waals surface area contributed by atoms with Crippen molar-refractivity contribution < 1.29 is 4.79 Å². The Bertz CT molecular complexity index is 467. The largest absolute Gasteiger partial charge is 0.392 e. The molecule has 1 aromatic rings. The number of benzene rings is 1. The van der Waals surface area contributed by atoms with Crippen LogP contribution in [0.5, 0.6) is 0 Å². The maximum Gasteiger partial charge on any atom is 0.234 e. The van der Waals surface area contributed by atoms with E-state index < -0.39 is 5.92 Å². The molecule has 1 amide bonds. The Morgan fingerprint density at radius 2 is 1.67 bits per heavy atom. The Morgan fingerprint density at radius 1 is 1.10 bits per heavy atom. The highest BCUT2D eigenvalue weighted by molar-refractivity contribution is 7.80. The Morgan fingerprint density at radius 3 is 2.24 bits per heavy atom. The molecule has 0 heterocycles. The zero-order valence-corrected chi connectivity index (χ0v) is 13.2. The Labute approximate surface area is 132 Å². The molecule has 1 aliphatic carbocycles. The van der Waals surface area contributed by atoms with Crippen molar-refractivity contribution in [3.05, 3.63) is 35.9 Å². The predicted octanol–water partition coefficient (Wildman–Crippen LogP) is 3.29. The normalized spacial score (nSPS) is 18.3. The molecule has 0 aromatic heterocycles. The highest BCUT2D eigenvalue weighted by Crippen LogP contribution is 2.20. The number of hydrogen-bond acceptors (Lipinski definition) is 2. The lowest BCUT2D eigenvalue weighted by Gasteiger charge is -2.24. The van der Waals surface area contributed by atoms with Crippen LogP contribution < -0.4 is 11.1 Å². The third-order valence-corrected chi connectivity index (χ3v) is 4.37. The van der Waals surface area contributed by atoms with Crippen LogP contribution >= 0.6 is 12.2 Å². The third kappa shape index (κ3) is 4.81. The molecule has 21 heavy (non-hydrogen) atoms. The van der Waals surface area contributed by atoms with E-state index >= 15 is 0 Å². The maximum atomic E-state index is 12.6. The van der Waals surface area contributed by atoms with Gasteiger partial charge >= 0.3 is 0 Å². The summed E-state index contributed by atoms with van der Waals surface area (Å²) in [6.45, 7) is 0. The third-order valence-electron chi connectivity index (χ3n) is 4.13. The van der Waals surface area contributed by atoms with E-state index in [1.807, 2.05) is 30.3 Å². The molecular weight excluding hydrogens is 280 g/mol. The van der Waals surface area contributed by atoms with E-state index in [-0.39, 0.29) is 16.9 Å². The average molecular weight is 304 g/mol. The van der Waals surface area contributed by atoms with Gasteiger partial charge in [-0.15, -0.1) is 0 Å². The topological polar surface area (TPSA) is 55.1 Å². The molecule has 1 aromatic carbocycles. The number of carbonyl (C=O) groups excluding carboxylic acids is 1. The van der Waals surface area contributed by atoms with E-state index in [0.29, 0.717) is 0 Å². The van der Waals surface area contributed by atoms with Gasteiger partial charge in [0.05, 0.1) is 4.99 Å². The van der Waals surface area contributed by atoms with Crippen molar-refractivity contribution in [3.8, 4) is 0 Å². The van der Waals surface area contributed by atoms with Gasteiger partial charge in [0.1, 0.15) is 5.92 Å². The van der Waals surface area contributed by atoms with Crippen LogP contribution in [0.4, 0.5) is 0 Å². The van der Waals surface area contributed by atoms with E-state index in [0.717, 1.165) is 18.4 Å². The monoisotopic (exact) mass is 304 g/mol. The van der Waals surface area contributed by atoms with Gasteiger partial charge in [-0.2, -0.15) is 0 Å². The molecule has 3 N–H and O–H groups in total. The number of thiocarbonyl (C=S) groups is 1. The maximum absolute atomic E-state index is 12.6. The molecule has 0 radical (unpaired) electrons. The molecule has 3 nitrogen and oxygen atoms in total. The standard InChI is InChI=1S/C17H24N2OS/c18-16(21)15(13-9-5-4-6-10-13)17(20)19-14-11-7-2-1-3-8-12-14/h4-6,9-10,14-15H,1-3,7-8,11-12H2,(H2,18,21)(H,19,20). The zero-order valence-electron chi connectivity index (χ0n) is 12.4. The number of rotatable bonds is 4. The first-order chi connectivity index (χ1) is 10.2. The summed E-state index contributed by atoms with van der Waals surface area (Å²) < 4.78 is 0. The van der Waals surface area contributed by atoms with Crippen molar-refractivity contribution in [1.82, 2.24) is 5.32 Å². The van der Waals surface area contributed by atoms with Gasteiger partial charge in [0.2, 0.25) is 5.91 Å². The molecule has 2 rings (SSSR count). The van der Waals surface area contributed by atoms with Crippen molar-refractivity contribution >= 4 is 23.1 Å². The average Bonchev–Trinajstić information content (AvgIpc) is 2.42. The highest BCUT2D eigenvalue weighted by Gasteiger charge is 2.25. The number of nitrogens with one attached hydrogen (secondary N) is 1. The second-order valence-corrected chi connectivity index (χ2v) is 6.27. The predicted molar refractivity (Wildman–Crippen MR) is 90.2 cm³/mol. The van der Waals surface area contributed by atoms with Crippen LogP contribution in [-0.2, 0) is 4.79 Å². The molecule has 1 fully saturated rings. The van der Waals surface area contributed by atoms with Crippen LogP contribution in [0.25, 0.3) is 0 Å². The van der Waals surface area contributed by atoms with Crippen molar-refractivity contribution in [1.29, 1.82) is 0 Å². The van der Waals surface area contributed by atoms with Crippen LogP contribution in [0, 0.1) is 0 Å². The molecule has 114 valence electrons. The Balaban J connectivity index is 2.03. The summed E-state index contributed by atoms with van der Waals surface area (Å²) in [5, 5.41) is 3.16. The smallest absolute Gasteiger partial charge is 0.234 e. The molecular formula is C17H24N2OS. The summed E-state index contributed by atoms with van der Waals surface area (Å²) in [5.41, 5.74) is 6.67. The SMILES string of the molecule is NC(=S)C(C(=O)NC1CCCCCCC1)c1ccccc1. The van der Waals surface area contributed by atoms with E-state index in [1.165, 1.54) is 32.1 Å². The molecule has 0 aliphatic heterocycles. The number of carbonyl (C=O) groups is 1. The Kier molecular flexibility index (Phi) is 6.18. The van der Waals surface area contributed by atoms with Gasteiger partial charge in [0.25, 0.3) is 0 Å². The first-order valence-corrected chi connectivity index (χ1v) is 8.24. The van der Waals surface area contributed by atoms with Gasteiger partial charge in [-0.05, 0) is 18.4 Å². The summed E-state index contributed by atoms with van der Waals surface area (Å²) in [6.07, 6.45) is 8.35. The first-order valence-electron chi connectivity index (χ1n) is 7.83. The fourth-order valence-electron chi connectivity index (χ4n) is 2.98. The van der Waals surface area contributed by atoms with Crippen molar-refractivity contribution in [2.24, 2.45) is 5.73 Å². The molecule has 0 saturated heterocycles. The first kappa shape index (κ1) is 16.0. The van der Waals surface area contributed by atoms with Gasteiger partial charge < -0.3 is 11.1 Å². The van der Waals surface area contributed by atoms with Crippen molar-refractivity contribution in [3.63, 3.8) is 0 Å². The van der Waals surface area contributed by atoms with Gasteiger partial charge in [-0.25, -0.2) is 0 Å². The van der Waals surface area contributed by atoms with Crippen molar-refractivity contribution in [2.75, 3.05) is 0 Å². The number of nitrogens with two attached hydrogens (primary N) is 1. The molecule has 1 saturated carbocycles. The van der Waals surface area contributed by atoms with Gasteiger partial charge in [-0.3, -0.25) is 4.79 Å². The summed E-state index contributed by atoms with van der Waals surface area (Å²) >= 11 is 5.11. The summed E-state index contributed by atoms with van der Waals surface area (Å²) in [5.74, 6) is -0.578. The summed E-state index contributed by atoms with van der Waals surface area (Å²) in [7, 11) is 0. The van der Waals surface area contributed by atoms with Crippen LogP contribution in [0.1, 0.15) is 56.4 Å².